The zero-order valence-corrected chi connectivity index (χ0v) is 19.1. The van der Waals surface area contributed by atoms with E-state index in [1.807, 2.05) is 24.3 Å². The van der Waals surface area contributed by atoms with Gasteiger partial charge in [0.2, 0.25) is 0 Å². The monoisotopic (exact) mass is 458 g/mol. The summed E-state index contributed by atoms with van der Waals surface area (Å²) in [6.45, 7) is 1.30. The van der Waals surface area contributed by atoms with E-state index in [2.05, 4.69) is 10.1 Å². The van der Waals surface area contributed by atoms with Gasteiger partial charge < -0.3 is 14.2 Å². The summed E-state index contributed by atoms with van der Waals surface area (Å²) in [5, 5.41) is 4.52. The number of imidazole rings is 1. The Balaban J connectivity index is 1.52. The number of benzene rings is 1. The largest absolute Gasteiger partial charge is 0.496 e. The number of carbonyl (C=O) groups is 1. The molecule has 1 aromatic carbocycles. The summed E-state index contributed by atoms with van der Waals surface area (Å²) in [7, 11) is 1.35. The quantitative estimate of drug-likeness (QED) is 0.572. The number of rotatable bonds is 5. The average molecular weight is 459 g/mol. The highest BCUT2D eigenvalue weighted by Crippen LogP contribution is 2.29. The van der Waals surface area contributed by atoms with Gasteiger partial charge in [-0.05, 0) is 24.6 Å². The predicted molar refractivity (Wildman–Crippen MR) is 118 cm³/mol. The number of hydrogen-bond acceptors (Lipinski definition) is 6. The molecule has 170 valence electrons. The van der Waals surface area contributed by atoms with Crippen LogP contribution in [0.25, 0.3) is 11.3 Å². The molecule has 0 saturated carbocycles. The number of aryl methyl sites for hydroxylation is 2. The zero-order chi connectivity index (χ0) is 22.9. The van der Waals surface area contributed by atoms with Crippen molar-refractivity contribution in [1.82, 2.24) is 28.5 Å². The topological polar surface area (TPSA) is 103 Å². The van der Waals surface area contributed by atoms with Crippen molar-refractivity contribution < 1.29 is 17.9 Å². The maximum Gasteiger partial charge on any atom is 0.272 e. The molecule has 1 fully saturated rings. The molecule has 1 saturated heterocycles. The molecule has 2 aromatic heterocycles. The van der Waals surface area contributed by atoms with Crippen LogP contribution in [0.5, 0.6) is 5.75 Å². The van der Waals surface area contributed by atoms with Crippen LogP contribution in [0, 0.1) is 0 Å². The summed E-state index contributed by atoms with van der Waals surface area (Å²) in [4.78, 5) is 18.9. The van der Waals surface area contributed by atoms with E-state index >= 15 is 0 Å². The summed E-state index contributed by atoms with van der Waals surface area (Å²) in [6, 6.07) is 9.24. The Hall–Kier alpha value is -3.18. The van der Waals surface area contributed by atoms with Gasteiger partial charge in [-0.2, -0.15) is 9.40 Å². The van der Waals surface area contributed by atoms with E-state index < -0.39 is 10.0 Å². The van der Waals surface area contributed by atoms with Crippen molar-refractivity contribution in [2.75, 3.05) is 33.3 Å². The van der Waals surface area contributed by atoms with Gasteiger partial charge in [-0.15, -0.1) is 0 Å². The Morgan fingerprint density at radius 3 is 2.59 bits per heavy atom. The van der Waals surface area contributed by atoms with Crippen LogP contribution in [-0.4, -0.2) is 76.2 Å². The predicted octanol–water partition coefficient (Wildman–Crippen LogP) is 1.37. The van der Waals surface area contributed by atoms with Crippen LogP contribution in [0.15, 0.2) is 47.9 Å². The fourth-order valence-electron chi connectivity index (χ4n) is 3.81. The smallest absolute Gasteiger partial charge is 0.272 e. The molecule has 32 heavy (non-hydrogen) atoms. The lowest BCUT2D eigenvalue weighted by Crippen LogP contribution is -2.38. The first-order valence-electron chi connectivity index (χ1n) is 10.3. The Bertz CT molecular complexity index is 1230. The van der Waals surface area contributed by atoms with Crippen molar-refractivity contribution >= 4 is 15.9 Å². The number of methoxy groups -OCH3 is 1. The van der Waals surface area contributed by atoms with Gasteiger partial charge in [-0.25, -0.2) is 13.4 Å². The van der Waals surface area contributed by atoms with Gasteiger partial charge in [0.25, 0.3) is 15.9 Å². The number of amides is 1. The molecule has 1 aliphatic rings. The Kier molecular flexibility index (Phi) is 6.02. The fraction of sp³-hybridized carbons (Fsp3) is 0.381. The van der Waals surface area contributed by atoms with Gasteiger partial charge in [0, 0.05) is 52.0 Å². The van der Waals surface area contributed by atoms with Crippen molar-refractivity contribution in [2.24, 2.45) is 14.1 Å². The molecule has 0 bridgehead atoms. The van der Waals surface area contributed by atoms with E-state index in [4.69, 9.17) is 4.74 Å². The minimum absolute atomic E-state index is 0.0212. The molecule has 3 aromatic rings. The summed E-state index contributed by atoms with van der Waals surface area (Å²) in [6.07, 6.45) is 3.48. The summed E-state index contributed by atoms with van der Waals surface area (Å²) < 4.78 is 35.7. The zero-order valence-electron chi connectivity index (χ0n) is 18.3. The third kappa shape index (κ3) is 4.13. The molecule has 10 nitrogen and oxygen atoms in total. The highest BCUT2D eigenvalue weighted by Gasteiger charge is 2.31. The molecular formula is C21H26N6O4S. The molecule has 4 rings (SSSR count). The summed E-state index contributed by atoms with van der Waals surface area (Å²) in [5.74, 6) is 0.493. The second kappa shape index (κ2) is 8.75. The van der Waals surface area contributed by atoms with Crippen molar-refractivity contribution in [2.45, 2.75) is 11.4 Å². The van der Waals surface area contributed by atoms with Crippen molar-refractivity contribution in [1.29, 1.82) is 0 Å². The first kappa shape index (κ1) is 22.0. The standard InChI is InChI=1S/C21H26N6O4S/c1-24-14-20(22-15-24)32(29,30)27-10-6-9-26(11-12-27)21(28)18-13-17(23-25(18)2)16-7-4-5-8-19(16)31-3/h4-5,7-8,13-15H,6,9-12H2,1-3H3. The molecule has 0 atom stereocenters. The minimum atomic E-state index is -3.69. The van der Waals surface area contributed by atoms with E-state index in [1.165, 1.54) is 16.8 Å². The SMILES string of the molecule is COc1ccccc1-c1cc(C(=O)N2CCCN(S(=O)(=O)c3cn(C)cn3)CC2)n(C)n1. The molecular weight excluding hydrogens is 432 g/mol. The van der Waals surface area contributed by atoms with Crippen LogP contribution >= 0.6 is 0 Å². The molecule has 1 amide bonds. The molecule has 0 radical (unpaired) electrons. The lowest BCUT2D eigenvalue weighted by atomic mass is 10.1. The van der Waals surface area contributed by atoms with Crippen LogP contribution in [0.1, 0.15) is 16.9 Å². The molecule has 0 N–H and O–H groups in total. The van der Waals surface area contributed by atoms with Crippen LogP contribution in [0.2, 0.25) is 0 Å². The maximum atomic E-state index is 13.3. The lowest BCUT2D eigenvalue weighted by Gasteiger charge is -2.21. The van der Waals surface area contributed by atoms with Gasteiger partial charge in [-0.1, -0.05) is 12.1 Å². The van der Waals surface area contributed by atoms with Crippen LogP contribution in [0.3, 0.4) is 0 Å². The van der Waals surface area contributed by atoms with Crippen molar-refractivity contribution in [3.63, 3.8) is 0 Å². The van der Waals surface area contributed by atoms with E-state index in [1.54, 1.807) is 41.4 Å². The number of hydrogen-bond donors (Lipinski definition) is 0. The first-order chi connectivity index (χ1) is 15.3. The van der Waals surface area contributed by atoms with E-state index in [0.29, 0.717) is 43.2 Å². The number of aromatic nitrogens is 4. The van der Waals surface area contributed by atoms with Gasteiger partial charge in [0.05, 0.1) is 19.1 Å². The van der Waals surface area contributed by atoms with E-state index in [-0.39, 0.29) is 17.5 Å². The van der Waals surface area contributed by atoms with Crippen LogP contribution in [-0.2, 0) is 24.1 Å². The van der Waals surface area contributed by atoms with Gasteiger partial charge in [0.15, 0.2) is 5.03 Å². The van der Waals surface area contributed by atoms with Crippen molar-refractivity contribution in [3.8, 4) is 17.0 Å². The third-order valence-electron chi connectivity index (χ3n) is 5.51. The number of carbonyl (C=O) groups excluding carboxylic acids is 1. The Labute approximate surface area is 187 Å². The molecule has 11 heteroatoms. The highest BCUT2D eigenvalue weighted by atomic mass is 32.2. The number of sulfonamides is 1. The lowest BCUT2D eigenvalue weighted by molar-refractivity contribution is 0.0753. The number of nitrogens with zero attached hydrogens (tertiary/aromatic N) is 6. The normalized spacial score (nSPS) is 15.5. The maximum absolute atomic E-state index is 13.3. The van der Waals surface area contributed by atoms with Crippen LogP contribution in [0.4, 0.5) is 0 Å². The minimum Gasteiger partial charge on any atom is -0.496 e. The Morgan fingerprint density at radius 2 is 1.88 bits per heavy atom. The average Bonchev–Trinajstić information content (AvgIpc) is 3.30. The van der Waals surface area contributed by atoms with Gasteiger partial charge >= 0.3 is 0 Å². The third-order valence-corrected chi connectivity index (χ3v) is 7.29. The second-order valence-corrected chi connectivity index (χ2v) is 9.55. The first-order valence-corrected chi connectivity index (χ1v) is 11.7. The summed E-state index contributed by atoms with van der Waals surface area (Å²) in [5.41, 5.74) is 1.88. The number of para-hydroxylation sites is 1. The molecule has 3 heterocycles. The fourth-order valence-corrected chi connectivity index (χ4v) is 5.24. The molecule has 0 unspecified atom stereocenters. The Morgan fingerprint density at radius 1 is 1.09 bits per heavy atom. The van der Waals surface area contributed by atoms with Crippen molar-refractivity contribution in [3.05, 3.63) is 48.5 Å². The van der Waals surface area contributed by atoms with Crippen LogP contribution < -0.4 is 4.74 Å². The second-order valence-electron chi connectivity index (χ2n) is 7.67. The highest BCUT2D eigenvalue weighted by molar-refractivity contribution is 7.89. The van der Waals surface area contributed by atoms with Gasteiger partial charge in [-0.3, -0.25) is 9.48 Å². The summed E-state index contributed by atoms with van der Waals surface area (Å²) >= 11 is 0. The number of ether oxygens (including phenoxy) is 1. The van der Waals surface area contributed by atoms with E-state index in [0.717, 1.165) is 5.56 Å². The molecule has 0 spiro atoms. The van der Waals surface area contributed by atoms with E-state index in [9.17, 15) is 13.2 Å². The molecule has 1 aliphatic heterocycles. The van der Waals surface area contributed by atoms with Gasteiger partial charge in [0.1, 0.15) is 11.4 Å². The molecule has 0 aliphatic carbocycles.